The van der Waals surface area contributed by atoms with Crippen molar-refractivity contribution < 1.29 is 22.5 Å². The third-order valence-electron chi connectivity index (χ3n) is 5.40. The predicted molar refractivity (Wildman–Crippen MR) is 115 cm³/mol. The standard InChI is InChI=1S/C18H30BrF3N2O2SSi/c1-7-28(8-2,9-3)12-10-13(19)23-15(14(12)20)18(11-25,16(21)22)24-27(26)17(4,5)6/h10,16,24-25H,7-9,11H2,1-6H3/t18-,27-/m0/s1. The van der Waals surface area contributed by atoms with Crippen LogP contribution in [0.5, 0.6) is 0 Å². The lowest BCUT2D eigenvalue weighted by Gasteiger charge is -2.36. The van der Waals surface area contributed by atoms with Gasteiger partial charge in [0.25, 0.3) is 6.43 Å². The molecule has 0 amide bonds. The van der Waals surface area contributed by atoms with E-state index in [-0.39, 0.29) is 4.60 Å². The number of aromatic nitrogens is 1. The highest BCUT2D eigenvalue weighted by atomic mass is 79.9. The quantitative estimate of drug-likeness (QED) is 0.392. The van der Waals surface area contributed by atoms with Gasteiger partial charge in [0.1, 0.15) is 16.1 Å². The van der Waals surface area contributed by atoms with Crippen molar-refractivity contribution in [2.75, 3.05) is 6.61 Å². The summed E-state index contributed by atoms with van der Waals surface area (Å²) in [4.78, 5) is 3.98. The van der Waals surface area contributed by atoms with Gasteiger partial charge < -0.3 is 5.11 Å². The minimum Gasteiger partial charge on any atom is -0.394 e. The molecule has 0 aliphatic heterocycles. The first-order valence-electron chi connectivity index (χ1n) is 9.30. The summed E-state index contributed by atoms with van der Waals surface area (Å²) < 4.78 is 58.3. The molecule has 4 nitrogen and oxygen atoms in total. The van der Waals surface area contributed by atoms with E-state index in [1.54, 1.807) is 26.8 Å². The van der Waals surface area contributed by atoms with Gasteiger partial charge in [0, 0.05) is 0 Å². The van der Waals surface area contributed by atoms with Gasteiger partial charge in [-0.25, -0.2) is 27.1 Å². The van der Waals surface area contributed by atoms with Crippen molar-refractivity contribution in [3.63, 3.8) is 0 Å². The molecule has 0 saturated carbocycles. The lowest BCUT2D eigenvalue weighted by molar-refractivity contribution is 0.000976. The third kappa shape index (κ3) is 4.88. The molecule has 1 aromatic rings. The van der Waals surface area contributed by atoms with Crippen molar-refractivity contribution in [1.29, 1.82) is 0 Å². The molecule has 1 aromatic heterocycles. The fourth-order valence-electron chi connectivity index (χ4n) is 3.19. The van der Waals surface area contributed by atoms with Crippen molar-refractivity contribution in [2.45, 2.75) is 76.4 Å². The highest BCUT2D eigenvalue weighted by Crippen LogP contribution is 2.33. The summed E-state index contributed by atoms with van der Waals surface area (Å²) in [6, 6.07) is 3.80. The second-order valence-electron chi connectivity index (χ2n) is 7.91. The molecular weight excluding hydrogens is 473 g/mol. The van der Waals surface area contributed by atoms with Crippen LogP contribution in [0.3, 0.4) is 0 Å². The van der Waals surface area contributed by atoms with Crippen molar-refractivity contribution in [1.82, 2.24) is 9.71 Å². The second-order valence-corrected chi connectivity index (χ2v) is 15.9. The van der Waals surface area contributed by atoms with Gasteiger partial charge in [-0.15, -0.1) is 0 Å². The van der Waals surface area contributed by atoms with Crippen molar-refractivity contribution in [3.8, 4) is 0 Å². The van der Waals surface area contributed by atoms with Crippen molar-refractivity contribution in [2.24, 2.45) is 0 Å². The summed E-state index contributed by atoms with van der Waals surface area (Å²) in [6.45, 7) is 9.59. The first-order valence-corrected chi connectivity index (χ1v) is 13.9. The number of hydrogen-bond donors (Lipinski definition) is 2. The second kappa shape index (κ2) is 9.68. The molecule has 10 heteroatoms. The smallest absolute Gasteiger partial charge is 0.265 e. The third-order valence-corrected chi connectivity index (χ3v) is 13.0. The molecule has 2 atom stereocenters. The van der Waals surface area contributed by atoms with E-state index in [0.717, 1.165) is 18.1 Å². The molecule has 0 spiro atoms. The molecule has 1 heterocycles. The van der Waals surface area contributed by atoms with E-state index < -0.39 is 53.9 Å². The molecule has 2 N–H and O–H groups in total. The molecule has 0 radical (unpaired) electrons. The molecule has 0 saturated heterocycles. The number of aliphatic hydroxyl groups excluding tert-OH is 1. The number of hydrogen-bond acceptors (Lipinski definition) is 3. The van der Waals surface area contributed by atoms with Crippen LogP contribution < -0.4 is 9.91 Å². The number of halogens is 4. The van der Waals surface area contributed by atoms with Crippen LogP contribution in [0.15, 0.2) is 10.7 Å². The zero-order valence-electron chi connectivity index (χ0n) is 17.2. The van der Waals surface area contributed by atoms with Gasteiger partial charge in [0.2, 0.25) is 0 Å². The van der Waals surface area contributed by atoms with Gasteiger partial charge in [-0.3, -0.25) is 0 Å². The molecule has 0 bridgehead atoms. The van der Waals surface area contributed by atoms with E-state index in [1.165, 1.54) is 0 Å². The number of rotatable bonds is 9. The Balaban J connectivity index is 3.79. The number of nitrogens with one attached hydrogen (secondary N) is 1. The summed E-state index contributed by atoms with van der Waals surface area (Å²) >= 11 is 3.22. The predicted octanol–water partition coefficient (Wildman–Crippen LogP) is 4.20. The first-order chi connectivity index (χ1) is 12.8. The van der Waals surface area contributed by atoms with Gasteiger partial charge >= 0.3 is 0 Å². The van der Waals surface area contributed by atoms with Gasteiger partial charge in [-0.1, -0.05) is 38.9 Å². The maximum Gasteiger partial charge on any atom is 0.265 e. The van der Waals surface area contributed by atoms with E-state index in [2.05, 4.69) is 25.6 Å². The minimum atomic E-state index is -3.23. The van der Waals surface area contributed by atoms with E-state index in [9.17, 15) is 18.1 Å². The Bertz CT molecular complexity index is 707. The minimum absolute atomic E-state index is 0.216. The van der Waals surface area contributed by atoms with E-state index >= 15 is 4.39 Å². The van der Waals surface area contributed by atoms with Crippen LogP contribution >= 0.6 is 15.9 Å². The summed E-state index contributed by atoms with van der Waals surface area (Å²) in [5.41, 5.74) is -3.17. The largest absolute Gasteiger partial charge is 0.394 e. The van der Waals surface area contributed by atoms with Crippen LogP contribution in [0, 0.1) is 5.82 Å². The Kier molecular flexibility index (Phi) is 8.90. The SMILES string of the molecule is CC[Si](CC)(CC)c1cc(Br)nc([C@](CO)(N[S@@](=O)C(C)(C)C)C(F)F)c1F. The Hall–Kier alpha value is -0.293. The lowest BCUT2D eigenvalue weighted by atomic mass is 9.97. The average Bonchev–Trinajstić information content (AvgIpc) is 2.62. The summed E-state index contributed by atoms with van der Waals surface area (Å²) in [5.74, 6) is -0.840. The van der Waals surface area contributed by atoms with Gasteiger partial charge in [0.15, 0.2) is 5.54 Å². The normalized spacial score (nSPS) is 16.3. The molecule has 1 rings (SSSR count). The summed E-state index contributed by atoms with van der Waals surface area (Å²) in [7, 11) is -4.26. The van der Waals surface area contributed by atoms with Crippen LogP contribution in [-0.2, 0) is 16.5 Å². The van der Waals surface area contributed by atoms with E-state index in [4.69, 9.17) is 0 Å². The Morgan fingerprint density at radius 1 is 1.25 bits per heavy atom. The number of pyridine rings is 1. The van der Waals surface area contributed by atoms with Crippen LogP contribution in [0.4, 0.5) is 13.2 Å². The fourth-order valence-corrected chi connectivity index (χ4v) is 8.37. The number of alkyl halides is 2. The van der Waals surface area contributed by atoms with Gasteiger partial charge in [-0.05, 0) is 48.0 Å². The Morgan fingerprint density at radius 3 is 2.11 bits per heavy atom. The topological polar surface area (TPSA) is 62.2 Å². The highest BCUT2D eigenvalue weighted by Gasteiger charge is 2.49. The van der Waals surface area contributed by atoms with E-state index in [0.29, 0.717) is 5.19 Å². The Morgan fingerprint density at radius 2 is 1.75 bits per heavy atom. The highest BCUT2D eigenvalue weighted by molar-refractivity contribution is 9.10. The lowest BCUT2D eigenvalue weighted by Crippen LogP contribution is -2.57. The molecule has 0 aliphatic rings. The molecule has 28 heavy (non-hydrogen) atoms. The van der Waals surface area contributed by atoms with E-state index in [1.807, 2.05) is 20.8 Å². The van der Waals surface area contributed by atoms with Crippen molar-refractivity contribution in [3.05, 3.63) is 22.2 Å². The molecule has 0 unspecified atom stereocenters. The fraction of sp³-hybridized carbons (Fsp3) is 0.722. The van der Waals surface area contributed by atoms with Crippen LogP contribution in [-0.4, -0.2) is 40.2 Å². The molecule has 0 fully saturated rings. The first kappa shape index (κ1) is 25.7. The van der Waals surface area contributed by atoms with Crippen molar-refractivity contribution >= 4 is 40.2 Å². The van der Waals surface area contributed by atoms with Gasteiger partial charge in [0.05, 0.1) is 30.4 Å². The summed E-state index contributed by atoms with van der Waals surface area (Å²) in [6.07, 6.45) is -3.23. The van der Waals surface area contributed by atoms with Gasteiger partial charge in [-0.2, -0.15) is 0 Å². The van der Waals surface area contributed by atoms with Crippen LogP contribution in [0.25, 0.3) is 0 Å². The molecule has 0 aromatic carbocycles. The number of nitrogens with zero attached hydrogens (tertiary/aromatic N) is 1. The monoisotopic (exact) mass is 502 g/mol. The molecule has 162 valence electrons. The zero-order valence-corrected chi connectivity index (χ0v) is 20.6. The van der Waals surface area contributed by atoms with Crippen LogP contribution in [0.1, 0.15) is 47.2 Å². The molecule has 0 aliphatic carbocycles. The summed E-state index contributed by atoms with van der Waals surface area (Å²) in [5, 5.41) is 10.3. The zero-order chi connectivity index (χ0) is 21.9. The average molecular weight is 504 g/mol. The number of aliphatic hydroxyl groups is 1. The maximum absolute atomic E-state index is 15.7. The molecular formula is C18H30BrF3N2O2SSi. The Labute approximate surface area is 177 Å². The van der Waals surface area contributed by atoms with Crippen LogP contribution in [0.2, 0.25) is 18.1 Å². The maximum atomic E-state index is 15.7.